The van der Waals surface area contributed by atoms with Gasteiger partial charge in [-0.1, -0.05) is 16.8 Å². The van der Waals surface area contributed by atoms with Crippen LogP contribution in [0.2, 0.25) is 5.02 Å². The SMILES string of the molecule is COc1cc(C=NOCC(=O)N2CCCC2)cc(Cl)c1OC. The molecular formula is C15H19ClN2O4. The quantitative estimate of drug-likeness (QED) is 0.594. The highest BCUT2D eigenvalue weighted by atomic mass is 35.5. The number of carbonyl (C=O) groups excluding carboxylic acids is 1. The zero-order valence-corrected chi connectivity index (χ0v) is 13.4. The van der Waals surface area contributed by atoms with E-state index >= 15 is 0 Å². The zero-order valence-electron chi connectivity index (χ0n) is 12.7. The zero-order chi connectivity index (χ0) is 15.9. The summed E-state index contributed by atoms with van der Waals surface area (Å²) in [4.78, 5) is 18.6. The van der Waals surface area contributed by atoms with Crippen LogP contribution in [0.25, 0.3) is 0 Å². The van der Waals surface area contributed by atoms with E-state index in [2.05, 4.69) is 5.16 Å². The fraction of sp³-hybridized carbons (Fsp3) is 0.467. The highest BCUT2D eigenvalue weighted by Gasteiger charge is 2.17. The summed E-state index contributed by atoms with van der Waals surface area (Å²) in [5, 5.41) is 4.21. The van der Waals surface area contributed by atoms with Crippen molar-refractivity contribution in [1.29, 1.82) is 0 Å². The van der Waals surface area contributed by atoms with Gasteiger partial charge >= 0.3 is 0 Å². The first-order valence-electron chi connectivity index (χ1n) is 7.00. The van der Waals surface area contributed by atoms with Crippen LogP contribution in [-0.4, -0.2) is 50.9 Å². The summed E-state index contributed by atoms with van der Waals surface area (Å²) in [5.41, 5.74) is 0.691. The molecule has 0 aliphatic carbocycles. The highest BCUT2D eigenvalue weighted by molar-refractivity contribution is 6.32. The van der Waals surface area contributed by atoms with Crippen LogP contribution in [0.3, 0.4) is 0 Å². The lowest BCUT2D eigenvalue weighted by Gasteiger charge is -2.13. The molecule has 1 aromatic rings. The molecule has 1 heterocycles. The molecule has 0 spiro atoms. The van der Waals surface area contributed by atoms with E-state index in [4.69, 9.17) is 25.9 Å². The Bertz CT molecular complexity index is 557. The lowest BCUT2D eigenvalue weighted by atomic mass is 10.2. The minimum Gasteiger partial charge on any atom is -0.493 e. The molecule has 0 unspecified atom stereocenters. The Balaban J connectivity index is 1.92. The first kappa shape index (κ1) is 16.4. The van der Waals surface area contributed by atoms with Gasteiger partial charge in [0.1, 0.15) is 0 Å². The van der Waals surface area contributed by atoms with Crippen LogP contribution >= 0.6 is 11.6 Å². The van der Waals surface area contributed by atoms with Gasteiger partial charge < -0.3 is 19.2 Å². The van der Waals surface area contributed by atoms with Gasteiger partial charge in [0, 0.05) is 18.7 Å². The molecule has 1 aromatic carbocycles. The number of hydrogen-bond acceptors (Lipinski definition) is 5. The Kier molecular flexibility index (Phi) is 5.89. The number of amides is 1. The second kappa shape index (κ2) is 7.89. The number of rotatable bonds is 6. The summed E-state index contributed by atoms with van der Waals surface area (Å²) >= 11 is 6.09. The van der Waals surface area contributed by atoms with Crippen molar-refractivity contribution >= 4 is 23.7 Å². The van der Waals surface area contributed by atoms with Crippen LogP contribution in [0.15, 0.2) is 17.3 Å². The fourth-order valence-corrected chi connectivity index (χ4v) is 2.56. The van der Waals surface area contributed by atoms with Crippen molar-refractivity contribution in [1.82, 2.24) is 4.90 Å². The van der Waals surface area contributed by atoms with Gasteiger partial charge in [-0.3, -0.25) is 4.79 Å². The van der Waals surface area contributed by atoms with Crippen LogP contribution in [0.4, 0.5) is 0 Å². The van der Waals surface area contributed by atoms with E-state index in [1.807, 2.05) is 0 Å². The molecule has 0 aromatic heterocycles. The van der Waals surface area contributed by atoms with Crippen LogP contribution in [0.5, 0.6) is 11.5 Å². The van der Waals surface area contributed by atoms with Crippen LogP contribution in [-0.2, 0) is 9.63 Å². The number of carbonyl (C=O) groups is 1. The number of halogens is 1. The predicted octanol–water partition coefficient (Wildman–Crippen LogP) is 2.33. The van der Waals surface area contributed by atoms with Crippen LogP contribution in [0.1, 0.15) is 18.4 Å². The number of oxime groups is 1. The number of ether oxygens (including phenoxy) is 2. The molecular weight excluding hydrogens is 308 g/mol. The standard InChI is InChI=1S/C15H19ClN2O4/c1-20-13-8-11(7-12(16)15(13)21-2)9-17-22-10-14(19)18-5-3-4-6-18/h7-9H,3-6,10H2,1-2H3. The van der Waals surface area contributed by atoms with E-state index in [-0.39, 0.29) is 12.5 Å². The van der Waals surface area contributed by atoms with E-state index in [0.29, 0.717) is 22.1 Å². The van der Waals surface area contributed by atoms with E-state index in [1.54, 1.807) is 17.0 Å². The molecule has 0 radical (unpaired) electrons. The Hall–Kier alpha value is -1.95. The molecule has 1 aliphatic heterocycles. The second-order valence-electron chi connectivity index (χ2n) is 4.83. The largest absolute Gasteiger partial charge is 0.493 e. The van der Waals surface area contributed by atoms with Crippen molar-refractivity contribution in [3.63, 3.8) is 0 Å². The fourth-order valence-electron chi connectivity index (χ4n) is 2.26. The maximum absolute atomic E-state index is 11.8. The lowest BCUT2D eigenvalue weighted by Crippen LogP contribution is -2.30. The third kappa shape index (κ3) is 4.04. The average molecular weight is 327 g/mol. The van der Waals surface area contributed by atoms with E-state index in [9.17, 15) is 4.79 Å². The van der Waals surface area contributed by atoms with Gasteiger partial charge in [-0.15, -0.1) is 0 Å². The third-order valence-corrected chi connectivity index (χ3v) is 3.66. The normalized spacial score (nSPS) is 14.4. The highest BCUT2D eigenvalue weighted by Crippen LogP contribution is 2.35. The Morgan fingerprint density at radius 3 is 2.68 bits per heavy atom. The number of likely N-dealkylation sites (tertiary alicyclic amines) is 1. The number of hydrogen-bond donors (Lipinski definition) is 0. The maximum atomic E-state index is 11.8. The maximum Gasteiger partial charge on any atom is 0.263 e. The Morgan fingerprint density at radius 2 is 2.05 bits per heavy atom. The van der Waals surface area contributed by atoms with Crippen molar-refractivity contribution in [2.24, 2.45) is 5.16 Å². The molecule has 120 valence electrons. The molecule has 1 amide bonds. The van der Waals surface area contributed by atoms with Gasteiger partial charge in [0.2, 0.25) is 0 Å². The topological polar surface area (TPSA) is 60.4 Å². The molecule has 7 heteroatoms. The molecule has 0 bridgehead atoms. The van der Waals surface area contributed by atoms with Gasteiger partial charge in [0.05, 0.1) is 25.5 Å². The van der Waals surface area contributed by atoms with Crippen molar-refractivity contribution in [2.45, 2.75) is 12.8 Å². The minimum atomic E-state index is -0.0580. The summed E-state index contributed by atoms with van der Waals surface area (Å²) in [5.74, 6) is 0.927. The lowest BCUT2D eigenvalue weighted by molar-refractivity contribution is -0.134. The molecule has 2 rings (SSSR count). The van der Waals surface area contributed by atoms with Gasteiger partial charge in [-0.2, -0.15) is 0 Å². The smallest absolute Gasteiger partial charge is 0.263 e. The van der Waals surface area contributed by atoms with E-state index in [1.165, 1.54) is 20.4 Å². The third-order valence-electron chi connectivity index (χ3n) is 3.38. The van der Waals surface area contributed by atoms with Crippen LogP contribution < -0.4 is 9.47 Å². The molecule has 1 saturated heterocycles. The molecule has 22 heavy (non-hydrogen) atoms. The predicted molar refractivity (Wildman–Crippen MR) is 83.9 cm³/mol. The monoisotopic (exact) mass is 326 g/mol. The molecule has 0 atom stereocenters. The van der Waals surface area contributed by atoms with Crippen molar-refractivity contribution in [3.05, 3.63) is 22.7 Å². The Labute approximate surface area is 134 Å². The van der Waals surface area contributed by atoms with E-state index < -0.39 is 0 Å². The number of methoxy groups -OCH3 is 2. The van der Waals surface area contributed by atoms with Gasteiger partial charge in [-0.25, -0.2) is 0 Å². The molecule has 1 fully saturated rings. The first-order valence-corrected chi connectivity index (χ1v) is 7.38. The summed E-state index contributed by atoms with van der Waals surface area (Å²) in [7, 11) is 3.05. The summed E-state index contributed by atoms with van der Waals surface area (Å²) in [6.45, 7) is 1.55. The van der Waals surface area contributed by atoms with Gasteiger partial charge in [0.25, 0.3) is 5.91 Å². The number of nitrogens with zero attached hydrogens (tertiary/aromatic N) is 2. The Morgan fingerprint density at radius 1 is 1.32 bits per heavy atom. The van der Waals surface area contributed by atoms with Crippen molar-refractivity contribution < 1.29 is 19.1 Å². The minimum absolute atomic E-state index is 0.0417. The average Bonchev–Trinajstić information content (AvgIpc) is 3.05. The molecule has 1 aliphatic rings. The molecule has 0 saturated carbocycles. The van der Waals surface area contributed by atoms with Gasteiger partial charge in [-0.05, 0) is 25.0 Å². The summed E-state index contributed by atoms with van der Waals surface area (Å²) in [6.07, 6.45) is 3.59. The van der Waals surface area contributed by atoms with Crippen molar-refractivity contribution in [2.75, 3.05) is 33.9 Å². The van der Waals surface area contributed by atoms with E-state index in [0.717, 1.165) is 25.9 Å². The molecule has 0 N–H and O–H groups in total. The second-order valence-corrected chi connectivity index (χ2v) is 5.24. The van der Waals surface area contributed by atoms with Gasteiger partial charge in [0.15, 0.2) is 18.1 Å². The van der Waals surface area contributed by atoms with Crippen LogP contribution in [0, 0.1) is 0 Å². The summed E-state index contributed by atoms with van der Waals surface area (Å²) < 4.78 is 10.4. The number of benzene rings is 1. The van der Waals surface area contributed by atoms with Crippen molar-refractivity contribution in [3.8, 4) is 11.5 Å². The molecule has 6 nitrogen and oxygen atoms in total. The first-order chi connectivity index (χ1) is 10.7. The summed E-state index contributed by atoms with van der Waals surface area (Å²) in [6, 6.07) is 3.40.